The molecule has 0 fully saturated rings. The average Bonchev–Trinajstić information content (AvgIpc) is 3.88. The van der Waals surface area contributed by atoms with Crippen LogP contribution in [-0.2, 0) is 0 Å². The Morgan fingerprint density at radius 2 is 1.57 bits per heavy atom. The molecule has 5 aromatic rings. The summed E-state index contributed by atoms with van der Waals surface area (Å²) in [6.07, 6.45) is 47.4. The maximum Gasteiger partial charge on any atom is 0.0600 e. The Labute approximate surface area is 385 Å². The van der Waals surface area contributed by atoms with Gasteiger partial charge in [0.05, 0.1) is 28.5 Å². The fraction of sp³-hybridized carbons (Fsp3) is 0.279. The van der Waals surface area contributed by atoms with E-state index in [-0.39, 0.29) is 17.6 Å². The summed E-state index contributed by atoms with van der Waals surface area (Å²) in [7, 11) is 0. The normalized spacial score (nSPS) is 26.3. The van der Waals surface area contributed by atoms with Gasteiger partial charge in [0.1, 0.15) is 0 Å². The maximum absolute atomic E-state index is 2.80. The summed E-state index contributed by atoms with van der Waals surface area (Å²) in [6.45, 7) is 2.45. The molecular weight excluding hydrogens is 789 g/mol. The SMILES string of the molecule is CC1(N(c2ccccc2)C2C=CC3c4ccccc4N(C4C=CCCC4)C3C2)C=CC(c2ccc(N(C3=CC=CCC3)C3C=c4c(c5ccccc5n4C4=CCCC=C4)=CC3)cc2)=CC1. The molecule has 0 N–H and O–H groups in total. The molecule has 65 heavy (non-hydrogen) atoms. The van der Waals surface area contributed by atoms with Crippen molar-refractivity contribution in [1.82, 2.24) is 4.57 Å². The molecule has 6 unspecified atom stereocenters. The second kappa shape index (κ2) is 16.8. The van der Waals surface area contributed by atoms with Crippen LogP contribution in [0.15, 0.2) is 188 Å². The molecule has 1 aliphatic heterocycles. The largest absolute Gasteiger partial charge is 0.361 e. The third-order valence-corrected chi connectivity index (χ3v) is 15.4. The lowest BCUT2D eigenvalue weighted by Crippen LogP contribution is -2.55. The van der Waals surface area contributed by atoms with Crippen LogP contribution in [0.25, 0.3) is 34.3 Å². The number of rotatable bonds is 9. The van der Waals surface area contributed by atoms with Gasteiger partial charge in [-0.15, -0.1) is 0 Å². The number of para-hydroxylation sites is 3. The van der Waals surface area contributed by atoms with Crippen molar-refractivity contribution >= 4 is 51.4 Å². The van der Waals surface area contributed by atoms with E-state index in [1.54, 1.807) is 0 Å². The lowest BCUT2D eigenvalue weighted by atomic mass is 9.80. The number of hydrogen-bond acceptors (Lipinski definition) is 3. The number of anilines is 3. The van der Waals surface area contributed by atoms with Crippen LogP contribution in [0, 0.1) is 0 Å². The summed E-state index contributed by atoms with van der Waals surface area (Å²) in [5.41, 5.74) is 11.8. The van der Waals surface area contributed by atoms with Crippen molar-refractivity contribution in [2.75, 3.05) is 14.7 Å². The van der Waals surface area contributed by atoms with E-state index in [0.29, 0.717) is 18.0 Å². The molecule has 2 heterocycles. The minimum atomic E-state index is -0.191. The summed E-state index contributed by atoms with van der Waals surface area (Å²) < 4.78 is 2.51. The second-order valence-electron chi connectivity index (χ2n) is 19.4. The molecule has 4 aromatic carbocycles. The Balaban J connectivity index is 0.840. The van der Waals surface area contributed by atoms with Crippen LogP contribution in [0.1, 0.15) is 88.2 Å². The molecule has 0 radical (unpaired) electrons. The first-order valence-electron chi connectivity index (χ1n) is 24.5. The first kappa shape index (κ1) is 40.0. The first-order chi connectivity index (χ1) is 32.1. The third kappa shape index (κ3) is 7.13. The predicted molar refractivity (Wildman–Crippen MR) is 275 cm³/mol. The Bertz CT molecular complexity index is 3010. The van der Waals surface area contributed by atoms with Gasteiger partial charge in [-0.05, 0) is 142 Å². The minimum Gasteiger partial charge on any atom is -0.361 e. The molecule has 1 aromatic heterocycles. The zero-order chi connectivity index (χ0) is 43.3. The molecule has 0 bridgehead atoms. The van der Waals surface area contributed by atoms with Crippen LogP contribution in [0.2, 0.25) is 0 Å². The average molecular weight is 849 g/mol. The Morgan fingerprint density at radius 1 is 0.708 bits per heavy atom. The minimum absolute atomic E-state index is 0.191. The Morgan fingerprint density at radius 3 is 2.37 bits per heavy atom. The number of allylic oxidation sites excluding steroid dienone is 11. The summed E-state index contributed by atoms with van der Waals surface area (Å²) in [5, 5.41) is 4.02. The van der Waals surface area contributed by atoms with Crippen molar-refractivity contribution in [3.63, 3.8) is 0 Å². The van der Waals surface area contributed by atoms with E-state index in [4.69, 9.17) is 0 Å². The Hall–Kier alpha value is -6.52. The van der Waals surface area contributed by atoms with Crippen LogP contribution in [0.5, 0.6) is 0 Å². The smallest absolute Gasteiger partial charge is 0.0600 e. The number of aromatic nitrogens is 1. The van der Waals surface area contributed by atoms with Crippen molar-refractivity contribution in [2.24, 2.45) is 0 Å². The number of fused-ring (bicyclic) bond motifs is 6. The molecule has 324 valence electrons. The fourth-order valence-corrected chi connectivity index (χ4v) is 12.4. The van der Waals surface area contributed by atoms with E-state index < -0.39 is 0 Å². The standard InChI is InChI=1S/C61H60N4/c1-61(65(50-24-12-5-13-25-50)52-35-37-56-54-27-15-17-29-58(54)64(60(56)43-52)48-22-10-4-11-23-48)40-38-45(39-41-61)44-30-32-49(33-31-44)62(46-18-6-2-7-19-46)51-34-36-55-53-26-14-16-28-57(53)63(59(55)42-51)47-20-8-3-9-21-47/h2,5-6,8,10,12-18,20-22,24-33,35-40,42,48,51-52,56,60H,3-4,7,9,11,19,23,34,41,43H2,1H3. The molecule has 0 saturated carbocycles. The molecule has 4 heteroatoms. The van der Waals surface area contributed by atoms with Gasteiger partial charge in [-0.2, -0.15) is 0 Å². The van der Waals surface area contributed by atoms with Crippen molar-refractivity contribution in [3.8, 4) is 0 Å². The van der Waals surface area contributed by atoms with Crippen molar-refractivity contribution in [3.05, 3.63) is 210 Å². The Kier molecular flexibility index (Phi) is 10.3. The molecule has 12 rings (SSSR count). The van der Waals surface area contributed by atoms with Gasteiger partial charge in [0.25, 0.3) is 0 Å². The van der Waals surface area contributed by atoms with Gasteiger partial charge < -0.3 is 19.3 Å². The van der Waals surface area contributed by atoms with Crippen LogP contribution in [0.3, 0.4) is 0 Å². The van der Waals surface area contributed by atoms with E-state index in [2.05, 4.69) is 220 Å². The van der Waals surface area contributed by atoms with Gasteiger partial charge in [-0.1, -0.05) is 140 Å². The molecule has 7 aliphatic rings. The quantitative estimate of drug-likeness (QED) is 0.137. The molecular formula is C61H60N4. The zero-order valence-electron chi connectivity index (χ0n) is 37.7. The van der Waals surface area contributed by atoms with Crippen LogP contribution < -0.4 is 25.3 Å². The highest BCUT2D eigenvalue weighted by Gasteiger charge is 2.45. The van der Waals surface area contributed by atoms with E-state index in [1.165, 1.54) is 85.9 Å². The molecule has 0 spiro atoms. The highest BCUT2D eigenvalue weighted by molar-refractivity contribution is 5.87. The topological polar surface area (TPSA) is 14.7 Å². The van der Waals surface area contributed by atoms with Gasteiger partial charge >= 0.3 is 0 Å². The van der Waals surface area contributed by atoms with Gasteiger partial charge in [0.2, 0.25) is 0 Å². The summed E-state index contributed by atoms with van der Waals surface area (Å²) in [6, 6.07) is 40.2. The van der Waals surface area contributed by atoms with Gasteiger partial charge in [0, 0.05) is 57.1 Å². The van der Waals surface area contributed by atoms with Gasteiger partial charge in [0.15, 0.2) is 0 Å². The van der Waals surface area contributed by atoms with E-state index in [9.17, 15) is 0 Å². The number of nitrogens with zero attached hydrogens (tertiary/aromatic N) is 4. The lowest BCUT2D eigenvalue weighted by Gasteiger charge is -2.49. The van der Waals surface area contributed by atoms with Gasteiger partial charge in [-0.3, -0.25) is 0 Å². The van der Waals surface area contributed by atoms with E-state index in [1.807, 2.05) is 0 Å². The van der Waals surface area contributed by atoms with Crippen molar-refractivity contribution in [2.45, 2.75) is 107 Å². The highest BCUT2D eigenvalue weighted by Crippen LogP contribution is 2.49. The monoisotopic (exact) mass is 848 g/mol. The fourth-order valence-electron chi connectivity index (χ4n) is 12.4. The second-order valence-corrected chi connectivity index (χ2v) is 19.4. The summed E-state index contributed by atoms with van der Waals surface area (Å²) >= 11 is 0. The zero-order valence-corrected chi connectivity index (χ0v) is 37.7. The van der Waals surface area contributed by atoms with Crippen LogP contribution in [0.4, 0.5) is 17.1 Å². The van der Waals surface area contributed by atoms with E-state index in [0.717, 1.165) is 44.9 Å². The third-order valence-electron chi connectivity index (χ3n) is 15.4. The lowest BCUT2D eigenvalue weighted by molar-refractivity contribution is 0.402. The van der Waals surface area contributed by atoms with Crippen LogP contribution >= 0.6 is 0 Å². The first-order valence-corrected chi connectivity index (χ1v) is 24.5. The predicted octanol–water partition coefficient (Wildman–Crippen LogP) is 12.9. The molecule has 0 saturated heterocycles. The summed E-state index contributed by atoms with van der Waals surface area (Å²) in [4.78, 5) is 8.15. The summed E-state index contributed by atoms with van der Waals surface area (Å²) in [5.74, 6) is 0.427. The number of benzene rings is 4. The molecule has 6 atom stereocenters. The van der Waals surface area contributed by atoms with Crippen molar-refractivity contribution < 1.29 is 0 Å². The van der Waals surface area contributed by atoms with Crippen molar-refractivity contribution in [1.29, 1.82) is 0 Å². The highest BCUT2D eigenvalue weighted by atomic mass is 15.3. The van der Waals surface area contributed by atoms with E-state index >= 15 is 0 Å². The maximum atomic E-state index is 2.80. The molecule has 0 amide bonds. The van der Waals surface area contributed by atoms with Crippen LogP contribution in [-0.4, -0.2) is 34.3 Å². The molecule has 6 aliphatic carbocycles. The number of hydrogen-bond donors (Lipinski definition) is 0. The van der Waals surface area contributed by atoms with Gasteiger partial charge in [-0.25, -0.2) is 0 Å². The molecule has 4 nitrogen and oxygen atoms in total.